The monoisotopic (exact) mass is 399 g/mol. The van der Waals surface area contributed by atoms with Crippen LogP contribution in [0.25, 0.3) is 22.4 Å². The molecule has 3 heterocycles. The van der Waals surface area contributed by atoms with E-state index in [1.807, 2.05) is 0 Å². The van der Waals surface area contributed by atoms with Gasteiger partial charge in [-0.2, -0.15) is 13.2 Å². The highest BCUT2D eigenvalue weighted by molar-refractivity contribution is 5.91. The van der Waals surface area contributed by atoms with E-state index in [0.717, 1.165) is 6.20 Å². The zero-order chi connectivity index (χ0) is 20.3. The van der Waals surface area contributed by atoms with Crippen LogP contribution < -0.4 is 10.6 Å². The Morgan fingerprint density at radius 2 is 2.07 bits per heavy atom. The first-order chi connectivity index (χ1) is 13.3. The zero-order valence-corrected chi connectivity index (χ0v) is 14.0. The number of aliphatic hydroxyl groups is 1. The van der Waals surface area contributed by atoms with Gasteiger partial charge < -0.3 is 20.7 Å². The number of aliphatic hydroxyl groups excluding tert-OH is 1. The number of hydrogen-bond donors (Lipinski definition) is 4. The summed E-state index contributed by atoms with van der Waals surface area (Å²) >= 11 is 0. The van der Waals surface area contributed by atoms with Crippen LogP contribution in [0.3, 0.4) is 0 Å². The molecule has 0 saturated heterocycles. The smallest absolute Gasteiger partial charge is 0.394 e. The highest BCUT2D eigenvalue weighted by atomic mass is 19.4. The van der Waals surface area contributed by atoms with Crippen molar-refractivity contribution in [2.75, 3.05) is 18.5 Å². The number of alkyl halides is 3. The summed E-state index contributed by atoms with van der Waals surface area (Å²) in [6.45, 7) is -2.47. The van der Waals surface area contributed by atoms with E-state index < -0.39 is 42.9 Å². The van der Waals surface area contributed by atoms with Gasteiger partial charge >= 0.3 is 6.18 Å². The van der Waals surface area contributed by atoms with Crippen LogP contribution in [-0.2, 0) is 4.79 Å². The van der Waals surface area contributed by atoms with Gasteiger partial charge in [0, 0.05) is 23.3 Å². The summed E-state index contributed by atoms with van der Waals surface area (Å²) in [5, 5.41) is 13.7. The summed E-state index contributed by atoms with van der Waals surface area (Å²) in [5.74, 6) is -2.53. The highest BCUT2D eigenvalue weighted by Crippen LogP contribution is 2.25. The molecular formula is C15H13F4N7O2. The number of rotatable bonds is 6. The lowest BCUT2D eigenvalue weighted by Crippen LogP contribution is -2.45. The molecule has 13 heteroatoms. The van der Waals surface area contributed by atoms with Crippen LogP contribution in [0.2, 0.25) is 0 Å². The Bertz CT molecular complexity index is 992. The minimum Gasteiger partial charge on any atom is -0.394 e. The zero-order valence-electron chi connectivity index (χ0n) is 14.0. The molecule has 3 aromatic rings. The predicted molar refractivity (Wildman–Crippen MR) is 88.4 cm³/mol. The molecule has 148 valence electrons. The molecule has 3 aromatic heterocycles. The molecule has 9 nitrogen and oxygen atoms in total. The number of aromatic amines is 1. The Morgan fingerprint density at radius 3 is 2.79 bits per heavy atom. The molecule has 0 saturated carbocycles. The van der Waals surface area contributed by atoms with Crippen LogP contribution in [0.15, 0.2) is 24.9 Å². The van der Waals surface area contributed by atoms with E-state index >= 15 is 0 Å². The van der Waals surface area contributed by atoms with Gasteiger partial charge in [-0.25, -0.2) is 24.3 Å². The molecule has 0 aliphatic carbocycles. The molecular weight excluding hydrogens is 386 g/mol. The molecule has 0 bridgehead atoms. The minimum atomic E-state index is -4.62. The molecule has 0 spiro atoms. The SMILES string of the molecule is O=C(NCC(F)(F)F)[C@H](CO)Nc1nc(-c2c[nH]c3ncncc23)ncc1F. The predicted octanol–water partition coefficient (Wildman–Crippen LogP) is 1.01. The van der Waals surface area contributed by atoms with Gasteiger partial charge in [0.05, 0.1) is 12.8 Å². The summed E-state index contributed by atoms with van der Waals surface area (Å²) in [7, 11) is 0. The second kappa shape index (κ2) is 7.72. The summed E-state index contributed by atoms with van der Waals surface area (Å²) < 4.78 is 50.7. The Hall–Kier alpha value is -3.35. The molecule has 1 atom stereocenters. The summed E-state index contributed by atoms with van der Waals surface area (Å²) in [4.78, 5) is 30.4. The second-order valence-electron chi connectivity index (χ2n) is 5.59. The number of fused-ring (bicyclic) bond motifs is 1. The lowest BCUT2D eigenvalue weighted by atomic mass is 10.2. The first-order valence-electron chi connectivity index (χ1n) is 7.80. The van der Waals surface area contributed by atoms with Crippen LogP contribution in [0, 0.1) is 5.82 Å². The van der Waals surface area contributed by atoms with Gasteiger partial charge in [0.25, 0.3) is 0 Å². The number of carbonyl (C=O) groups is 1. The number of nitrogens with one attached hydrogen (secondary N) is 3. The maximum atomic E-state index is 14.0. The fourth-order valence-electron chi connectivity index (χ4n) is 2.31. The number of anilines is 1. The number of nitrogens with zero attached hydrogens (tertiary/aromatic N) is 4. The fourth-order valence-corrected chi connectivity index (χ4v) is 2.31. The molecule has 28 heavy (non-hydrogen) atoms. The summed E-state index contributed by atoms with van der Waals surface area (Å²) in [6, 6.07) is -1.55. The number of aromatic nitrogens is 5. The van der Waals surface area contributed by atoms with Crippen molar-refractivity contribution < 1.29 is 27.5 Å². The highest BCUT2D eigenvalue weighted by Gasteiger charge is 2.30. The Labute approximate surface area is 154 Å². The Balaban J connectivity index is 1.84. The van der Waals surface area contributed by atoms with Gasteiger partial charge in [0.1, 0.15) is 24.6 Å². The number of amides is 1. The van der Waals surface area contributed by atoms with Crippen molar-refractivity contribution in [1.29, 1.82) is 0 Å². The quantitative estimate of drug-likeness (QED) is 0.455. The lowest BCUT2D eigenvalue weighted by molar-refractivity contribution is -0.139. The van der Waals surface area contributed by atoms with E-state index in [0.29, 0.717) is 16.6 Å². The first-order valence-corrected chi connectivity index (χ1v) is 7.80. The van der Waals surface area contributed by atoms with Crippen LogP contribution >= 0.6 is 0 Å². The Kier molecular flexibility index (Phi) is 5.35. The number of carbonyl (C=O) groups excluding carboxylic acids is 1. The van der Waals surface area contributed by atoms with E-state index in [9.17, 15) is 27.5 Å². The van der Waals surface area contributed by atoms with Crippen LogP contribution in [-0.4, -0.2) is 61.3 Å². The molecule has 3 rings (SSSR count). The van der Waals surface area contributed by atoms with Crippen molar-refractivity contribution in [3.05, 3.63) is 30.7 Å². The van der Waals surface area contributed by atoms with Gasteiger partial charge in [0.15, 0.2) is 17.5 Å². The molecule has 0 aliphatic rings. The van der Waals surface area contributed by atoms with Gasteiger partial charge in [-0.05, 0) is 0 Å². The minimum absolute atomic E-state index is 0.0531. The third-order valence-corrected chi connectivity index (χ3v) is 3.61. The average molecular weight is 399 g/mol. The molecule has 0 unspecified atom stereocenters. The van der Waals surface area contributed by atoms with Gasteiger partial charge in [-0.1, -0.05) is 0 Å². The number of hydrogen-bond acceptors (Lipinski definition) is 7. The third-order valence-electron chi connectivity index (χ3n) is 3.61. The maximum Gasteiger partial charge on any atom is 0.405 e. The molecule has 0 aliphatic heterocycles. The van der Waals surface area contributed by atoms with E-state index in [1.54, 1.807) is 5.32 Å². The fraction of sp³-hybridized carbons (Fsp3) is 0.267. The van der Waals surface area contributed by atoms with Crippen LogP contribution in [0.4, 0.5) is 23.4 Å². The normalized spacial score (nSPS) is 12.8. The largest absolute Gasteiger partial charge is 0.405 e. The molecule has 4 N–H and O–H groups in total. The van der Waals surface area contributed by atoms with Crippen LogP contribution in [0.5, 0.6) is 0 Å². The number of H-pyrrole nitrogens is 1. The van der Waals surface area contributed by atoms with E-state index in [2.05, 4.69) is 30.2 Å². The molecule has 1 amide bonds. The maximum absolute atomic E-state index is 14.0. The lowest BCUT2D eigenvalue weighted by Gasteiger charge is -2.18. The topological polar surface area (TPSA) is 129 Å². The molecule has 0 fully saturated rings. The second-order valence-corrected chi connectivity index (χ2v) is 5.59. The van der Waals surface area contributed by atoms with Gasteiger partial charge in [-0.3, -0.25) is 4.79 Å². The van der Waals surface area contributed by atoms with Crippen molar-refractivity contribution in [3.8, 4) is 11.4 Å². The summed E-state index contributed by atoms with van der Waals surface area (Å²) in [6.07, 6.45) is 0.549. The van der Waals surface area contributed by atoms with E-state index in [4.69, 9.17) is 0 Å². The number of halogens is 4. The molecule has 0 radical (unpaired) electrons. The Morgan fingerprint density at radius 1 is 1.29 bits per heavy atom. The van der Waals surface area contributed by atoms with Crippen molar-refractivity contribution >= 4 is 22.8 Å². The average Bonchev–Trinajstić information content (AvgIpc) is 3.09. The van der Waals surface area contributed by atoms with Crippen molar-refractivity contribution in [3.63, 3.8) is 0 Å². The van der Waals surface area contributed by atoms with Crippen molar-refractivity contribution in [2.24, 2.45) is 0 Å². The first kappa shape index (κ1) is 19.4. The van der Waals surface area contributed by atoms with Crippen molar-refractivity contribution in [1.82, 2.24) is 30.2 Å². The summed E-state index contributed by atoms with van der Waals surface area (Å²) in [5.41, 5.74) is 0.938. The third kappa shape index (κ3) is 4.31. The van der Waals surface area contributed by atoms with E-state index in [1.165, 1.54) is 18.7 Å². The van der Waals surface area contributed by atoms with Gasteiger partial charge in [-0.15, -0.1) is 0 Å². The van der Waals surface area contributed by atoms with Crippen molar-refractivity contribution in [2.45, 2.75) is 12.2 Å². The van der Waals surface area contributed by atoms with Crippen LogP contribution in [0.1, 0.15) is 0 Å². The van der Waals surface area contributed by atoms with E-state index in [-0.39, 0.29) is 5.82 Å². The molecule has 0 aromatic carbocycles. The standard InChI is InChI=1S/C15H13F4N7O2/c16-9-3-22-12(8-2-21-11-7(8)1-20-6-24-11)26-13(9)25-10(4-27)14(28)23-5-15(17,18)19/h1-3,6,10,27H,4-5H2,(H,23,28)(H,20,21,24)(H,22,25,26)/t10-/m0/s1. The van der Waals surface area contributed by atoms with Gasteiger partial charge in [0.2, 0.25) is 5.91 Å².